The summed E-state index contributed by atoms with van der Waals surface area (Å²) in [5.41, 5.74) is 2.84. The molecule has 7 nitrogen and oxygen atoms in total. The van der Waals surface area contributed by atoms with Crippen LogP contribution < -0.4 is 0 Å². The number of aryl methyl sites for hydroxylation is 1. The number of nitrogens with zero attached hydrogens (tertiary/aromatic N) is 6. The molecule has 1 fully saturated rings. The van der Waals surface area contributed by atoms with Crippen LogP contribution in [0.1, 0.15) is 29.8 Å². The van der Waals surface area contributed by atoms with Crippen molar-refractivity contribution < 1.29 is 4.79 Å². The molecule has 0 saturated carbocycles. The van der Waals surface area contributed by atoms with Crippen LogP contribution in [0.4, 0.5) is 0 Å². The fraction of sp³-hybridized carbons (Fsp3) is 0.579. The number of fused-ring (bicyclic) bond motifs is 1. The van der Waals surface area contributed by atoms with Gasteiger partial charge in [-0.05, 0) is 34.4 Å². The van der Waals surface area contributed by atoms with Crippen LogP contribution >= 0.6 is 11.8 Å². The number of hydrogen-bond acceptors (Lipinski definition) is 6. The molecular formula is C19H26N6OS. The van der Waals surface area contributed by atoms with E-state index in [2.05, 4.69) is 44.7 Å². The van der Waals surface area contributed by atoms with E-state index in [0.29, 0.717) is 13.0 Å². The van der Waals surface area contributed by atoms with E-state index in [-0.39, 0.29) is 5.91 Å². The minimum Gasteiger partial charge on any atom is -0.341 e. The quantitative estimate of drug-likeness (QED) is 0.751. The zero-order chi connectivity index (χ0) is 18.5. The predicted molar refractivity (Wildman–Crippen MR) is 105 cm³/mol. The summed E-state index contributed by atoms with van der Waals surface area (Å²) in [5.74, 6) is 3.26. The molecule has 144 valence electrons. The van der Waals surface area contributed by atoms with Crippen molar-refractivity contribution in [3.63, 3.8) is 0 Å². The fourth-order valence-corrected chi connectivity index (χ4v) is 4.65. The Balaban J connectivity index is 1.28. The third-order valence-electron chi connectivity index (χ3n) is 5.31. The highest BCUT2D eigenvalue weighted by molar-refractivity contribution is 7.99. The van der Waals surface area contributed by atoms with Gasteiger partial charge >= 0.3 is 0 Å². The maximum absolute atomic E-state index is 12.3. The number of carbonyl (C=O) groups excluding carboxylic acids is 1. The van der Waals surface area contributed by atoms with Crippen LogP contribution in [0.3, 0.4) is 0 Å². The number of tetrazole rings is 1. The summed E-state index contributed by atoms with van der Waals surface area (Å²) in [5, 5.41) is 12.2. The predicted octanol–water partition coefficient (Wildman–Crippen LogP) is 1.59. The van der Waals surface area contributed by atoms with E-state index in [1.54, 1.807) is 0 Å². The molecule has 0 aliphatic carbocycles. The summed E-state index contributed by atoms with van der Waals surface area (Å²) in [6.07, 6.45) is 2.42. The third kappa shape index (κ3) is 4.68. The van der Waals surface area contributed by atoms with E-state index >= 15 is 0 Å². The highest BCUT2D eigenvalue weighted by atomic mass is 32.2. The van der Waals surface area contributed by atoms with Gasteiger partial charge in [-0.1, -0.05) is 24.3 Å². The molecule has 1 saturated heterocycles. The van der Waals surface area contributed by atoms with Gasteiger partial charge in [0.25, 0.3) is 0 Å². The molecule has 1 amide bonds. The lowest BCUT2D eigenvalue weighted by molar-refractivity contribution is -0.131. The van der Waals surface area contributed by atoms with Crippen molar-refractivity contribution >= 4 is 17.7 Å². The van der Waals surface area contributed by atoms with Crippen LogP contribution in [0.25, 0.3) is 0 Å². The molecule has 1 aromatic heterocycles. The van der Waals surface area contributed by atoms with Crippen LogP contribution in [0.15, 0.2) is 24.3 Å². The lowest BCUT2D eigenvalue weighted by Gasteiger charge is -2.28. The topological polar surface area (TPSA) is 67.2 Å². The van der Waals surface area contributed by atoms with Crippen LogP contribution in [-0.2, 0) is 30.8 Å². The Morgan fingerprint density at radius 1 is 1.11 bits per heavy atom. The molecule has 0 bridgehead atoms. The average Bonchev–Trinajstić information content (AvgIpc) is 3.15. The minimum absolute atomic E-state index is 0.262. The van der Waals surface area contributed by atoms with E-state index in [4.69, 9.17) is 0 Å². The van der Waals surface area contributed by atoms with Gasteiger partial charge < -0.3 is 4.90 Å². The Labute approximate surface area is 164 Å². The zero-order valence-electron chi connectivity index (χ0n) is 15.6. The molecule has 0 unspecified atom stereocenters. The Hall–Kier alpha value is -1.93. The van der Waals surface area contributed by atoms with Gasteiger partial charge in [-0.15, -0.1) is 5.10 Å². The maximum atomic E-state index is 12.3. The molecule has 0 atom stereocenters. The van der Waals surface area contributed by atoms with E-state index in [9.17, 15) is 4.79 Å². The standard InChI is InChI=1S/C19H26N6OS/c26-19(24-10-12-27-13-11-24)6-3-8-25-18(20-21-22-25)15-23-9-7-16-4-1-2-5-17(16)14-23/h1-2,4-5H,3,6-15H2. The number of thioether (sulfide) groups is 1. The molecule has 2 aliphatic rings. The Bertz CT molecular complexity index is 773. The molecule has 0 spiro atoms. The van der Waals surface area contributed by atoms with Crippen molar-refractivity contribution in [3.05, 3.63) is 41.2 Å². The molecule has 8 heteroatoms. The first-order valence-corrected chi connectivity index (χ1v) is 10.8. The molecule has 2 aromatic rings. The highest BCUT2D eigenvalue weighted by Crippen LogP contribution is 2.19. The van der Waals surface area contributed by atoms with E-state index in [0.717, 1.165) is 62.9 Å². The van der Waals surface area contributed by atoms with Gasteiger partial charge in [0.1, 0.15) is 0 Å². The average molecular weight is 387 g/mol. The molecule has 27 heavy (non-hydrogen) atoms. The van der Waals surface area contributed by atoms with Gasteiger partial charge in [0.15, 0.2) is 5.82 Å². The summed E-state index contributed by atoms with van der Waals surface area (Å²) in [4.78, 5) is 16.7. The van der Waals surface area contributed by atoms with E-state index in [1.807, 2.05) is 21.3 Å². The first-order chi connectivity index (χ1) is 13.3. The van der Waals surface area contributed by atoms with Gasteiger partial charge in [-0.25, -0.2) is 4.68 Å². The van der Waals surface area contributed by atoms with E-state index in [1.165, 1.54) is 11.1 Å². The molecule has 4 rings (SSSR count). The van der Waals surface area contributed by atoms with Crippen molar-refractivity contribution in [2.75, 3.05) is 31.1 Å². The lowest BCUT2D eigenvalue weighted by Crippen LogP contribution is -2.37. The number of rotatable bonds is 6. The van der Waals surface area contributed by atoms with E-state index < -0.39 is 0 Å². The van der Waals surface area contributed by atoms with Gasteiger partial charge in [-0.2, -0.15) is 11.8 Å². The normalized spacial score (nSPS) is 17.7. The van der Waals surface area contributed by atoms with Crippen LogP contribution in [0, 0.1) is 0 Å². The summed E-state index contributed by atoms with van der Waals surface area (Å²) in [6, 6.07) is 8.63. The number of carbonyl (C=O) groups is 1. The number of amides is 1. The van der Waals surface area contributed by atoms with Crippen molar-refractivity contribution in [3.8, 4) is 0 Å². The summed E-state index contributed by atoms with van der Waals surface area (Å²) in [7, 11) is 0. The van der Waals surface area contributed by atoms with Gasteiger partial charge in [0.05, 0.1) is 6.54 Å². The van der Waals surface area contributed by atoms with Crippen LogP contribution in [-0.4, -0.2) is 67.1 Å². The number of hydrogen-bond donors (Lipinski definition) is 0. The monoisotopic (exact) mass is 386 g/mol. The van der Waals surface area contributed by atoms with Gasteiger partial charge in [0.2, 0.25) is 5.91 Å². The Kier molecular flexibility index (Phi) is 6.03. The highest BCUT2D eigenvalue weighted by Gasteiger charge is 2.19. The van der Waals surface area contributed by atoms with Crippen molar-refractivity contribution in [2.24, 2.45) is 0 Å². The second kappa shape index (κ2) is 8.84. The minimum atomic E-state index is 0.262. The molecular weight excluding hydrogens is 360 g/mol. The summed E-state index contributed by atoms with van der Waals surface area (Å²) in [6.45, 7) is 5.18. The largest absolute Gasteiger partial charge is 0.341 e. The smallest absolute Gasteiger partial charge is 0.222 e. The van der Waals surface area contributed by atoms with Gasteiger partial charge in [-0.3, -0.25) is 9.69 Å². The molecule has 2 aliphatic heterocycles. The Morgan fingerprint density at radius 3 is 2.78 bits per heavy atom. The fourth-order valence-electron chi connectivity index (χ4n) is 3.75. The van der Waals surface area contributed by atoms with Crippen LogP contribution in [0.5, 0.6) is 0 Å². The molecule has 0 radical (unpaired) electrons. The van der Waals surface area contributed by atoms with Gasteiger partial charge in [0, 0.05) is 50.7 Å². The Morgan fingerprint density at radius 2 is 1.93 bits per heavy atom. The SMILES string of the molecule is O=C(CCCn1nnnc1CN1CCc2ccccc2C1)N1CCSCC1. The maximum Gasteiger partial charge on any atom is 0.222 e. The summed E-state index contributed by atoms with van der Waals surface area (Å²) < 4.78 is 1.86. The summed E-state index contributed by atoms with van der Waals surface area (Å²) >= 11 is 1.92. The second-order valence-electron chi connectivity index (χ2n) is 7.14. The third-order valence-corrected chi connectivity index (χ3v) is 6.25. The zero-order valence-corrected chi connectivity index (χ0v) is 16.4. The number of benzene rings is 1. The lowest BCUT2D eigenvalue weighted by atomic mass is 10.00. The van der Waals surface area contributed by atoms with Crippen molar-refractivity contribution in [2.45, 2.75) is 38.9 Å². The molecule has 1 aromatic carbocycles. The number of aromatic nitrogens is 4. The molecule has 3 heterocycles. The van der Waals surface area contributed by atoms with Crippen molar-refractivity contribution in [1.29, 1.82) is 0 Å². The molecule has 0 N–H and O–H groups in total. The first-order valence-electron chi connectivity index (χ1n) is 9.69. The second-order valence-corrected chi connectivity index (χ2v) is 8.37. The first kappa shape index (κ1) is 18.4. The van der Waals surface area contributed by atoms with Crippen LogP contribution in [0.2, 0.25) is 0 Å². The van der Waals surface area contributed by atoms with Crippen molar-refractivity contribution in [1.82, 2.24) is 30.0 Å².